The maximum atomic E-state index is 13.2. The number of hydrogen-bond acceptors (Lipinski definition) is 4. The van der Waals surface area contributed by atoms with Gasteiger partial charge in [-0.3, -0.25) is 19.4 Å². The summed E-state index contributed by atoms with van der Waals surface area (Å²) >= 11 is 0. The first-order chi connectivity index (χ1) is 14.2. The van der Waals surface area contributed by atoms with E-state index in [1.165, 1.54) is 0 Å². The largest absolute Gasteiger partial charge is 0.379 e. The number of nitrogens with zero attached hydrogens (tertiary/aromatic N) is 2. The molecule has 2 heterocycles. The number of benzene rings is 2. The van der Waals surface area contributed by atoms with Crippen LogP contribution in [0.4, 0.5) is 17.1 Å². The van der Waals surface area contributed by atoms with Crippen molar-refractivity contribution in [3.63, 3.8) is 0 Å². The Morgan fingerprint density at radius 2 is 1.63 bits per heavy atom. The summed E-state index contributed by atoms with van der Waals surface area (Å²) in [5, 5.41) is 2.93. The van der Waals surface area contributed by atoms with Crippen LogP contribution in [0.25, 0.3) is 0 Å². The van der Waals surface area contributed by atoms with E-state index >= 15 is 0 Å². The van der Waals surface area contributed by atoms with E-state index in [2.05, 4.69) is 10.2 Å². The summed E-state index contributed by atoms with van der Waals surface area (Å²) < 4.78 is 5.38. The molecule has 1 N–H and O–H groups in total. The van der Waals surface area contributed by atoms with Crippen LogP contribution in [0.5, 0.6) is 0 Å². The van der Waals surface area contributed by atoms with Gasteiger partial charge in [0.15, 0.2) is 0 Å². The number of para-hydroxylation sites is 3. The van der Waals surface area contributed by atoms with Gasteiger partial charge in [0.05, 0.1) is 35.8 Å². The Kier molecular flexibility index (Phi) is 7.85. The summed E-state index contributed by atoms with van der Waals surface area (Å²) in [5.41, 5.74) is 2.55. The Balaban J connectivity index is 0.00000256. The van der Waals surface area contributed by atoms with Crippen molar-refractivity contribution in [1.82, 2.24) is 4.90 Å². The third-order valence-corrected chi connectivity index (χ3v) is 5.50. The standard InChI is InChI=1S/C23H27N3O3.ClH/c27-22(12-2-1-7-13-25-14-16-29-17-15-25)26-20-10-5-3-8-18(20)23(28)24-19-9-4-6-11-21(19)26;/h3-6,8-11H,1-2,7,12-17H2,(H,24,28);1H. The first-order valence-corrected chi connectivity index (χ1v) is 10.4. The lowest BCUT2D eigenvalue weighted by molar-refractivity contribution is -0.118. The smallest absolute Gasteiger partial charge is 0.257 e. The van der Waals surface area contributed by atoms with Gasteiger partial charge in [0, 0.05) is 19.5 Å². The molecule has 4 rings (SSSR count). The summed E-state index contributed by atoms with van der Waals surface area (Å²) in [6, 6.07) is 14.8. The average molecular weight is 430 g/mol. The Bertz CT molecular complexity index is 884. The second-order valence-corrected chi connectivity index (χ2v) is 7.48. The summed E-state index contributed by atoms with van der Waals surface area (Å²) in [6.45, 7) is 4.70. The van der Waals surface area contributed by atoms with Crippen LogP contribution in [0.15, 0.2) is 48.5 Å². The summed E-state index contributed by atoms with van der Waals surface area (Å²) in [6.07, 6.45) is 3.39. The monoisotopic (exact) mass is 429 g/mol. The molecular formula is C23H28ClN3O3. The zero-order valence-electron chi connectivity index (χ0n) is 17.0. The van der Waals surface area contributed by atoms with Gasteiger partial charge in [-0.2, -0.15) is 0 Å². The molecule has 160 valence electrons. The van der Waals surface area contributed by atoms with E-state index in [1.807, 2.05) is 42.5 Å². The van der Waals surface area contributed by atoms with Gasteiger partial charge < -0.3 is 10.1 Å². The summed E-state index contributed by atoms with van der Waals surface area (Å²) in [7, 11) is 0. The topological polar surface area (TPSA) is 61.9 Å². The molecule has 1 fully saturated rings. The van der Waals surface area contributed by atoms with Crippen molar-refractivity contribution in [2.45, 2.75) is 25.7 Å². The fourth-order valence-electron chi connectivity index (χ4n) is 3.95. The maximum absolute atomic E-state index is 13.2. The molecule has 1 saturated heterocycles. The van der Waals surface area contributed by atoms with Crippen molar-refractivity contribution in [1.29, 1.82) is 0 Å². The fraction of sp³-hybridized carbons (Fsp3) is 0.391. The zero-order valence-corrected chi connectivity index (χ0v) is 17.8. The molecule has 0 aliphatic carbocycles. The predicted octanol–water partition coefficient (Wildman–Crippen LogP) is 4.23. The van der Waals surface area contributed by atoms with Crippen molar-refractivity contribution < 1.29 is 14.3 Å². The van der Waals surface area contributed by atoms with Crippen molar-refractivity contribution in [3.05, 3.63) is 54.1 Å². The van der Waals surface area contributed by atoms with Gasteiger partial charge in [0.1, 0.15) is 0 Å². The lowest BCUT2D eigenvalue weighted by atomic mass is 10.1. The molecule has 0 bridgehead atoms. The number of carbonyl (C=O) groups is 2. The molecule has 2 aromatic carbocycles. The van der Waals surface area contributed by atoms with Gasteiger partial charge in [-0.15, -0.1) is 12.4 Å². The van der Waals surface area contributed by atoms with Crippen LogP contribution in [0.3, 0.4) is 0 Å². The SMILES string of the molecule is Cl.O=C1Nc2ccccc2N(C(=O)CCCCCN2CCOCC2)c2ccccc21. The highest BCUT2D eigenvalue weighted by Crippen LogP contribution is 2.38. The minimum absolute atomic E-state index is 0. The van der Waals surface area contributed by atoms with E-state index in [-0.39, 0.29) is 24.2 Å². The highest BCUT2D eigenvalue weighted by Gasteiger charge is 2.28. The number of unbranched alkanes of at least 4 members (excludes halogenated alkanes) is 2. The third-order valence-electron chi connectivity index (χ3n) is 5.50. The van der Waals surface area contributed by atoms with Crippen molar-refractivity contribution >= 4 is 41.3 Å². The molecule has 0 unspecified atom stereocenters. The zero-order chi connectivity index (χ0) is 20.1. The number of ether oxygens (including phenoxy) is 1. The van der Waals surface area contributed by atoms with Gasteiger partial charge in [-0.05, 0) is 43.7 Å². The highest BCUT2D eigenvalue weighted by atomic mass is 35.5. The molecule has 30 heavy (non-hydrogen) atoms. The molecule has 7 heteroatoms. The number of carbonyl (C=O) groups excluding carboxylic acids is 2. The maximum Gasteiger partial charge on any atom is 0.257 e. The second-order valence-electron chi connectivity index (χ2n) is 7.48. The van der Waals surface area contributed by atoms with Crippen molar-refractivity contribution in [3.8, 4) is 0 Å². The molecule has 0 spiro atoms. The highest BCUT2D eigenvalue weighted by molar-refractivity contribution is 6.17. The van der Waals surface area contributed by atoms with Crippen molar-refractivity contribution in [2.75, 3.05) is 43.1 Å². The van der Waals surface area contributed by atoms with E-state index in [4.69, 9.17) is 4.74 Å². The first-order valence-electron chi connectivity index (χ1n) is 10.4. The van der Waals surface area contributed by atoms with Gasteiger partial charge in [0.2, 0.25) is 5.91 Å². The van der Waals surface area contributed by atoms with E-state index in [1.54, 1.807) is 11.0 Å². The number of amides is 2. The van der Waals surface area contributed by atoms with Crippen molar-refractivity contribution in [2.24, 2.45) is 0 Å². The fourth-order valence-corrected chi connectivity index (χ4v) is 3.95. The molecule has 6 nitrogen and oxygen atoms in total. The Labute approximate surface area is 183 Å². The predicted molar refractivity (Wildman–Crippen MR) is 121 cm³/mol. The molecule has 2 aromatic rings. The molecule has 0 aromatic heterocycles. The minimum Gasteiger partial charge on any atom is -0.379 e. The molecule has 2 aliphatic rings. The molecule has 2 aliphatic heterocycles. The minimum atomic E-state index is -0.186. The van der Waals surface area contributed by atoms with E-state index < -0.39 is 0 Å². The van der Waals surface area contributed by atoms with E-state index in [9.17, 15) is 9.59 Å². The Morgan fingerprint density at radius 3 is 2.43 bits per heavy atom. The number of morpholine rings is 1. The van der Waals surface area contributed by atoms with Crippen LogP contribution in [0, 0.1) is 0 Å². The number of fused-ring (bicyclic) bond motifs is 2. The molecule has 0 radical (unpaired) electrons. The lowest BCUT2D eigenvalue weighted by Gasteiger charge is -2.26. The number of rotatable bonds is 6. The van der Waals surface area contributed by atoms with Crippen LogP contribution in [-0.2, 0) is 9.53 Å². The Hall–Kier alpha value is -2.41. The lowest BCUT2D eigenvalue weighted by Crippen LogP contribution is -2.36. The summed E-state index contributed by atoms with van der Waals surface area (Å²) in [5.74, 6) is -0.165. The quantitative estimate of drug-likeness (QED) is 0.698. The number of anilines is 3. The third kappa shape index (κ3) is 5.01. The van der Waals surface area contributed by atoms with Gasteiger partial charge in [0.25, 0.3) is 5.91 Å². The van der Waals surface area contributed by atoms with Gasteiger partial charge >= 0.3 is 0 Å². The van der Waals surface area contributed by atoms with Crippen LogP contribution >= 0.6 is 12.4 Å². The Morgan fingerprint density at radius 1 is 0.933 bits per heavy atom. The van der Waals surface area contributed by atoms with Gasteiger partial charge in [-0.25, -0.2) is 0 Å². The number of nitrogens with one attached hydrogen (secondary N) is 1. The normalized spacial score (nSPS) is 16.0. The van der Waals surface area contributed by atoms with Crippen LogP contribution in [0.2, 0.25) is 0 Å². The molecule has 0 saturated carbocycles. The number of halogens is 1. The second kappa shape index (κ2) is 10.6. The van der Waals surface area contributed by atoms with E-state index in [0.29, 0.717) is 23.4 Å². The average Bonchev–Trinajstić information content (AvgIpc) is 2.88. The molecule has 0 atom stereocenters. The van der Waals surface area contributed by atoms with Crippen LogP contribution < -0.4 is 10.2 Å². The number of hydrogen-bond donors (Lipinski definition) is 1. The summed E-state index contributed by atoms with van der Waals surface area (Å²) in [4.78, 5) is 30.0. The van der Waals surface area contributed by atoms with Crippen LogP contribution in [0.1, 0.15) is 36.0 Å². The van der Waals surface area contributed by atoms with E-state index in [0.717, 1.165) is 57.8 Å². The first kappa shape index (κ1) is 22.3. The van der Waals surface area contributed by atoms with Gasteiger partial charge in [-0.1, -0.05) is 30.7 Å². The molecular weight excluding hydrogens is 402 g/mol. The molecule has 2 amide bonds. The van der Waals surface area contributed by atoms with Crippen LogP contribution in [-0.4, -0.2) is 49.6 Å².